The van der Waals surface area contributed by atoms with E-state index < -0.39 is 15.6 Å². The Morgan fingerprint density at radius 3 is 2.70 bits per heavy atom. The first kappa shape index (κ1) is 15.1. The smallest absolute Gasteiger partial charge is 0.247 e. The molecule has 0 unspecified atom stereocenters. The molecule has 1 aliphatic rings. The van der Waals surface area contributed by atoms with Crippen molar-refractivity contribution < 1.29 is 17.9 Å². The zero-order chi connectivity index (χ0) is 15.0. The van der Waals surface area contributed by atoms with E-state index in [1.165, 1.54) is 17.5 Å². The predicted molar refractivity (Wildman–Crippen MR) is 76.2 cm³/mol. The SMILES string of the molecule is COc1ccc(N)cc1S(=O)(=O)N1CCOCC1(C)C. The normalized spacial score (nSPS) is 19.8. The van der Waals surface area contributed by atoms with Gasteiger partial charge in [-0.15, -0.1) is 0 Å². The Morgan fingerprint density at radius 2 is 2.10 bits per heavy atom. The molecule has 0 amide bonds. The molecule has 0 atom stereocenters. The largest absolute Gasteiger partial charge is 0.495 e. The first-order valence-electron chi connectivity index (χ1n) is 6.33. The van der Waals surface area contributed by atoms with Crippen LogP contribution in [0.1, 0.15) is 13.8 Å². The van der Waals surface area contributed by atoms with E-state index in [2.05, 4.69) is 0 Å². The molecule has 0 aromatic heterocycles. The van der Waals surface area contributed by atoms with Gasteiger partial charge in [0.25, 0.3) is 0 Å². The van der Waals surface area contributed by atoms with Crippen LogP contribution in [0.4, 0.5) is 5.69 Å². The molecular weight excluding hydrogens is 280 g/mol. The van der Waals surface area contributed by atoms with Crippen molar-refractivity contribution in [3.8, 4) is 5.75 Å². The molecule has 112 valence electrons. The molecule has 7 heteroatoms. The summed E-state index contributed by atoms with van der Waals surface area (Å²) < 4.78 is 37.7. The zero-order valence-corrected chi connectivity index (χ0v) is 12.7. The third kappa shape index (κ3) is 2.61. The Labute approximate surface area is 119 Å². The first-order chi connectivity index (χ1) is 9.29. The second-order valence-corrected chi connectivity index (χ2v) is 7.18. The van der Waals surface area contributed by atoms with Crippen LogP contribution in [-0.4, -0.2) is 45.1 Å². The highest BCUT2D eigenvalue weighted by Crippen LogP contribution is 2.33. The molecule has 2 rings (SSSR count). The number of nitrogens with two attached hydrogens (primary N) is 1. The number of anilines is 1. The number of hydrogen-bond donors (Lipinski definition) is 1. The van der Waals surface area contributed by atoms with Crippen molar-refractivity contribution in [1.82, 2.24) is 4.31 Å². The maximum atomic E-state index is 12.9. The van der Waals surface area contributed by atoms with Gasteiger partial charge < -0.3 is 15.2 Å². The molecule has 2 N–H and O–H groups in total. The number of benzene rings is 1. The summed E-state index contributed by atoms with van der Waals surface area (Å²) in [6.45, 7) is 4.72. The van der Waals surface area contributed by atoms with E-state index in [-0.39, 0.29) is 4.90 Å². The van der Waals surface area contributed by atoms with Crippen molar-refractivity contribution in [3.63, 3.8) is 0 Å². The standard InChI is InChI=1S/C13H20N2O4S/c1-13(2)9-19-7-6-15(13)20(16,17)12-8-10(14)4-5-11(12)18-3/h4-5,8H,6-7,9,14H2,1-3H3. The van der Waals surface area contributed by atoms with Crippen molar-refractivity contribution in [1.29, 1.82) is 0 Å². The highest BCUT2D eigenvalue weighted by atomic mass is 32.2. The topological polar surface area (TPSA) is 81.9 Å². The van der Waals surface area contributed by atoms with Crippen molar-refractivity contribution in [2.45, 2.75) is 24.3 Å². The lowest BCUT2D eigenvalue weighted by atomic mass is 10.1. The second kappa shape index (κ2) is 5.23. The van der Waals surface area contributed by atoms with Crippen LogP contribution in [0.15, 0.2) is 23.1 Å². The van der Waals surface area contributed by atoms with Crippen molar-refractivity contribution in [2.24, 2.45) is 0 Å². The van der Waals surface area contributed by atoms with Crippen LogP contribution >= 0.6 is 0 Å². The quantitative estimate of drug-likeness (QED) is 0.845. The molecule has 0 spiro atoms. The second-order valence-electron chi connectivity index (χ2n) is 5.35. The van der Waals surface area contributed by atoms with Gasteiger partial charge in [-0.25, -0.2) is 8.42 Å². The fraction of sp³-hybridized carbons (Fsp3) is 0.538. The molecule has 20 heavy (non-hydrogen) atoms. The van der Waals surface area contributed by atoms with Gasteiger partial charge >= 0.3 is 0 Å². The molecule has 1 aliphatic heterocycles. The number of nitrogen functional groups attached to an aromatic ring is 1. The average molecular weight is 300 g/mol. The van der Waals surface area contributed by atoms with Crippen LogP contribution in [0.2, 0.25) is 0 Å². The van der Waals surface area contributed by atoms with E-state index in [9.17, 15) is 8.42 Å². The molecule has 6 nitrogen and oxygen atoms in total. The summed E-state index contributed by atoms with van der Waals surface area (Å²) in [4.78, 5) is 0.0926. The van der Waals surface area contributed by atoms with E-state index in [1.807, 2.05) is 13.8 Å². The van der Waals surface area contributed by atoms with Gasteiger partial charge in [0.05, 0.1) is 25.9 Å². The van der Waals surface area contributed by atoms with Gasteiger partial charge in [-0.1, -0.05) is 0 Å². The van der Waals surface area contributed by atoms with Crippen LogP contribution in [-0.2, 0) is 14.8 Å². The Morgan fingerprint density at radius 1 is 1.40 bits per heavy atom. The predicted octanol–water partition coefficient (Wildman–Crippen LogP) is 1.08. The molecule has 1 saturated heterocycles. The van der Waals surface area contributed by atoms with E-state index >= 15 is 0 Å². The van der Waals surface area contributed by atoms with Gasteiger partial charge in [-0.2, -0.15) is 4.31 Å². The molecule has 1 fully saturated rings. The number of nitrogens with zero attached hydrogens (tertiary/aromatic N) is 1. The van der Waals surface area contributed by atoms with Crippen LogP contribution in [0, 0.1) is 0 Å². The van der Waals surface area contributed by atoms with Crippen LogP contribution in [0.3, 0.4) is 0 Å². The number of sulfonamides is 1. The first-order valence-corrected chi connectivity index (χ1v) is 7.77. The monoisotopic (exact) mass is 300 g/mol. The molecular formula is C13H20N2O4S. The molecule has 1 aromatic carbocycles. The summed E-state index contributed by atoms with van der Waals surface area (Å²) >= 11 is 0. The number of rotatable bonds is 3. The van der Waals surface area contributed by atoms with Gasteiger partial charge in [-0.05, 0) is 32.0 Å². The minimum absolute atomic E-state index is 0.0926. The lowest BCUT2D eigenvalue weighted by molar-refractivity contribution is -0.00775. The average Bonchev–Trinajstić information content (AvgIpc) is 2.37. The van der Waals surface area contributed by atoms with Gasteiger partial charge in [-0.3, -0.25) is 0 Å². The highest BCUT2D eigenvalue weighted by molar-refractivity contribution is 7.89. The Balaban J connectivity index is 2.52. The summed E-state index contributed by atoms with van der Waals surface area (Å²) in [5.41, 5.74) is 5.49. The highest BCUT2D eigenvalue weighted by Gasteiger charge is 2.40. The lowest BCUT2D eigenvalue weighted by Gasteiger charge is -2.40. The van der Waals surface area contributed by atoms with Gasteiger partial charge in [0.15, 0.2) is 0 Å². The van der Waals surface area contributed by atoms with Gasteiger partial charge in [0, 0.05) is 12.2 Å². The zero-order valence-electron chi connectivity index (χ0n) is 11.9. The maximum Gasteiger partial charge on any atom is 0.247 e. The lowest BCUT2D eigenvalue weighted by Crippen LogP contribution is -2.55. The Kier molecular flexibility index (Phi) is 3.95. The van der Waals surface area contributed by atoms with Gasteiger partial charge in [0.2, 0.25) is 10.0 Å². The third-order valence-corrected chi connectivity index (χ3v) is 5.46. The number of morpholine rings is 1. The fourth-order valence-corrected chi connectivity index (χ4v) is 4.25. The van der Waals surface area contributed by atoms with E-state index in [4.69, 9.17) is 15.2 Å². The van der Waals surface area contributed by atoms with Crippen molar-refractivity contribution in [3.05, 3.63) is 18.2 Å². The number of hydrogen-bond acceptors (Lipinski definition) is 5. The van der Waals surface area contributed by atoms with Crippen LogP contribution in [0.5, 0.6) is 5.75 Å². The minimum atomic E-state index is -3.69. The molecule has 0 aliphatic carbocycles. The fourth-order valence-electron chi connectivity index (χ4n) is 2.30. The number of methoxy groups -OCH3 is 1. The summed E-state index contributed by atoms with van der Waals surface area (Å²) in [7, 11) is -2.25. The summed E-state index contributed by atoms with van der Waals surface area (Å²) in [5, 5.41) is 0. The molecule has 0 bridgehead atoms. The molecule has 1 heterocycles. The molecule has 1 aromatic rings. The van der Waals surface area contributed by atoms with Crippen LogP contribution in [0.25, 0.3) is 0 Å². The summed E-state index contributed by atoms with van der Waals surface area (Å²) in [6.07, 6.45) is 0. The summed E-state index contributed by atoms with van der Waals surface area (Å²) in [5.74, 6) is 0.293. The van der Waals surface area contributed by atoms with Crippen LogP contribution < -0.4 is 10.5 Å². The molecule has 0 radical (unpaired) electrons. The van der Waals surface area contributed by atoms with E-state index in [1.54, 1.807) is 12.1 Å². The maximum absolute atomic E-state index is 12.9. The minimum Gasteiger partial charge on any atom is -0.495 e. The van der Waals surface area contributed by atoms with E-state index in [0.717, 1.165) is 0 Å². The Bertz CT molecular complexity index is 598. The molecule has 0 saturated carbocycles. The van der Waals surface area contributed by atoms with Crippen molar-refractivity contribution >= 4 is 15.7 Å². The number of ether oxygens (including phenoxy) is 2. The van der Waals surface area contributed by atoms with Crippen molar-refractivity contribution in [2.75, 3.05) is 32.6 Å². The van der Waals surface area contributed by atoms with E-state index in [0.29, 0.717) is 31.2 Å². The third-order valence-electron chi connectivity index (χ3n) is 3.32. The van der Waals surface area contributed by atoms with Gasteiger partial charge in [0.1, 0.15) is 10.6 Å². The summed E-state index contributed by atoms with van der Waals surface area (Å²) in [6, 6.07) is 4.61. The Hall–Kier alpha value is -1.31.